The third-order valence-corrected chi connectivity index (χ3v) is 6.55. The van der Waals surface area contributed by atoms with Crippen molar-refractivity contribution in [2.45, 2.75) is 71.6 Å². The van der Waals surface area contributed by atoms with Crippen LogP contribution >= 0.6 is 0 Å². The number of nitrogens with one attached hydrogen (secondary N) is 1. The molecule has 1 fully saturated rings. The first kappa shape index (κ1) is 17.0. The predicted octanol–water partition coefficient (Wildman–Crippen LogP) is 2.46. The maximum absolute atomic E-state index is 11.9. The number of nitrogens with zero attached hydrogens (tertiary/aromatic N) is 3. The average molecular weight is 346 g/mol. The lowest BCUT2D eigenvalue weighted by atomic mass is 9.71. The lowest BCUT2D eigenvalue weighted by molar-refractivity contribution is -0.0829. The van der Waals surface area contributed by atoms with E-state index in [2.05, 4.69) is 35.9 Å². The zero-order chi connectivity index (χ0) is 17.7. The van der Waals surface area contributed by atoms with Crippen LogP contribution in [0.5, 0.6) is 0 Å². The molecule has 0 aromatic carbocycles. The fourth-order valence-electron chi connectivity index (χ4n) is 5.04. The molecule has 1 atom stereocenters. The molecule has 0 radical (unpaired) electrons. The third-order valence-electron chi connectivity index (χ3n) is 6.55. The molecule has 1 unspecified atom stereocenters. The van der Waals surface area contributed by atoms with E-state index < -0.39 is 0 Å². The number of allylic oxidation sites excluding steroid dienone is 1. The number of hydrogen-bond donors (Lipinski definition) is 1. The van der Waals surface area contributed by atoms with Gasteiger partial charge in [-0.15, -0.1) is 0 Å². The minimum absolute atomic E-state index is 0.110. The van der Waals surface area contributed by atoms with Gasteiger partial charge in [0.2, 0.25) is 0 Å². The zero-order valence-corrected chi connectivity index (χ0v) is 15.7. The smallest absolute Gasteiger partial charge is 0.343 e. The number of H-pyrrole nitrogens is 1. The van der Waals surface area contributed by atoms with Crippen molar-refractivity contribution in [3.05, 3.63) is 27.5 Å². The second-order valence-corrected chi connectivity index (χ2v) is 8.78. The molecule has 3 aliphatic rings. The summed E-state index contributed by atoms with van der Waals surface area (Å²) in [5, 5.41) is 6.57. The molecule has 4 rings (SSSR count). The van der Waals surface area contributed by atoms with Gasteiger partial charge in [-0.2, -0.15) is 5.10 Å². The van der Waals surface area contributed by atoms with Gasteiger partial charge in [-0.1, -0.05) is 25.0 Å². The van der Waals surface area contributed by atoms with Crippen molar-refractivity contribution in [3.63, 3.8) is 0 Å². The predicted molar refractivity (Wildman–Crippen MR) is 96.4 cm³/mol. The molecule has 1 aliphatic carbocycles. The molecule has 25 heavy (non-hydrogen) atoms. The van der Waals surface area contributed by atoms with Crippen LogP contribution < -0.4 is 5.69 Å². The second-order valence-electron chi connectivity index (χ2n) is 8.78. The van der Waals surface area contributed by atoms with Crippen molar-refractivity contribution in [2.75, 3.05) is 19.6 Å². The summed E-state index contributed by atoms with van der Waals surface area (Å²) in [6.45, 7) is 11.2. The first-order valence-electron chi connectivity index (χ1n) is 9.58. The van der Waals surface area contributed by atoms with Crippen LogP contribution in [-0.4, -0.2) is 44.9 Å². The van der Waals surface area contributed by atoms with E-state index in [1.54, 1.807) is 15.7 Å². The van der Waals surface area contributed by atoms with Crippen LogP contribution in [0.25, 0.3) is 0 Å². The summed E-state index contributed by atoms with van der Waals surface area (Å²) < 4.78 is 7.91. The van der Waals surface area contributed by atoms with Gasteiger partial charge in [-0.25, -0.2) is 9.89 Å². The summed E-state index contributed by atoms with van der Waals surface area (Å²) in [6.07, 6.45) is 6.04. The first-order chi connectivity index (χ1) is 11.9. The minimum atomic E-state index is -0.216. The number of likely N-dealkylation sites (tertiary alicyclic amines) is 1. The number of fused-ring (bicyclic) bond motifs is 1. The molecule has 1 aromatic heterocycles. The Bertz CT molecular complexity index is 745. The Morgan fingerprint density at radius 2 is 2.12 bits per heavy atom. The van der Waals surface area contributed by atoms with E-state index in [0.29, 0.717) is 18.6 Å². The number of hydrogen-bond acceptors (Lipinski definition) is 4. The summed E-state index contributed by atoms with van der Waals surface area (Å²) in [5.74, 6) is 0.721. The van der Waals surface area contributed by atoms with Crippen molar-refractivity contribution in [1.29, 1.82) is 0 Å². The van der Waals surface area contributed by atoms with Crippen molar-refractivity contribution in [2.24, 2.45) is 5.41 Å². The topological polar surface area (TPSA) is 63.2 Å². The van der Waals surface area contributed by atoms with Gasteiger partial charge in [0, 0.05) is 19.6 Å². The summed E-state index contributed by atoms with van der Waals surface area (Å²) in [6, 6.07) is 0. The average Bonchev–Trinajstić information content (AvgIpc) is 3.11. The van der Waals surface area contributed by atoms with E-state index in [1.807, 2.05) is 0 Å². The number of ether oxygens (including phenoxy) is 1. The second kappa shape index (κ2) is 6.09. The van der Waals surface area contributed by atoms with E-state index in [1.165, 1.54) is 19.3 Å². The molecular formula is C19H30N4O2. The Hall–Kier alpha value is -1.40. The molecule has 0 saturated carbocycles. The van der Waals surface area contributed by atoms with Gasteiger partial charge in [0.05, 0.1) is 6.54 Å². The molecule has 1 spiro atoms. The Kier molecular flexibility index (Phi) is 4.15. The SMILES string of the molecule is CC1=C(CCN2CCC3(C2)Cn2c(n[nH]c2=O)CO3)C(C)(C)CCC1. The number of aromatic amines is 1. The van der Waals surface area contributed by atoms with Crippen LogP contribution in [0.1, 0.15) is 58.7 Å². The summed E-state index contributed by atoms with van der Waals surface area (Å²) in [7, 11) is 0. The molecule has 2 aliphatic heterocycles. The normalized spacial score (nSPS) is 29.4. The van der Waals surface area contributed by atoms with E-state index >= 15 is 0 Å². The van der Waals surface area contributed by atoms with E-state index in [4.69, 9.17) is 4.74 Å². The Labute approximate surface area is 149 Å². The third kappa shape index (κ3) is 3.10. The maximum Gasteiger partial charge on any atom is 0.343 e. The van der Waals surface area contributed by atoms with Crippen LogP contribution in [-0.2, 0) is 17.9 Å². The lowest BCUT2D eigenvalue weighted by Gasteiger charge is -2.36. The molecule has 1 N–H and O–H groups in total. The van der Waals surface area contributed by atoms with Crippen LogP contribution in [0.2, 0.25) is 0 Å². The monoisotopic (exact) mass is 346 g/mol. The highest BCUT2D eigenvalue weighted by atomic mass is 16.5. The number of aromatic nitrogens is 3. The van der Waals surface area contributed by atoms with Crippen molar-refractivity contribution in [3.8, 4) is 0 Å². The van der Waals surface area contributed by atoms with E-state index in [-0.39, 0.29) is 11.3 Å². The highest BCUT2D eigenvalue weighted by molar-refractivity contribution is 5.22. The van der Waals surface area contributed by atoms with Crippen LogP contribution in [0, 0.1) is 5.41 Å². The van der Waals surface area contributed by atoms with Crippen molar-refractivity contribution < 1.29 is 4.74 Å². The van der Waals surface area contributed by atoms with Crippen LogP contribution in [0.4, 0.5) is 0 Å². The van der Waals surface area contributed by atoms with Gasteiger partial charge in [0.1, 0.15) is 12.2 Å². The molecule has 1 aromatic rings. The van der Waals surface area contributed by atoms with Gasteiger partial charge in [-0.05, 0) is 44.4 Å². The van der Waals surface area contributed by atoms with Gasteiger partial charge in [0.15, 0.2) is 5.82 Å². The van der Waals surface area contributed by atoms with Crippen LogP contribution in [0.3, 0.4) is 0 Å². The van der Waals surface area contributed by atoms with Gasteiger partial charge < -0.3 is 4.74 Å². The summed E-state index contributed by atoms with van der Waals surface area (Å²) >= 11 is 0. The van der Waals surface area contributed by atoms with Gasteiger partial charge in [0.25, 0.3) is 0 Å². The van der Waals surface area contributed by atoms with Crippen molar-refractivity contribution >= 4 is 0 Å². The number of rotatable bonds is 3. The summed E-state index contributed by atoms with van der Waals surface area (Å²) in [5.41, 5.74) is 3.29. The minimum Gasteiger partial charge on any atom is -0.364 e. The van der Waals surface area contributed by atoms with E-state index in [0.717, 1.165) is 38.3 Å². The zero-order valence-electron chi connectivity index (χ0n) is 15.7. The van der Waals surface area contributed by atoms with E-state index in [9.17, 15) is 4.79 Å². The standard InChI is InChI=1S/C19H30N4O2/c1-14-5-4-7-18(2,3)15(14)6-9-22-10-8-19(12-22)13-23-16(11-25-19)20-21-17(23)24/h4-13H2,1-3H3,(H,21,24). The molecule has 6 nitrogen and oxygen atoms in total. The highest BCUT2D eigenvalue weighted by Crippen LogP contribution is 2.42. The quantitative estimate of drug-likeness (QED) is 0.854. The van der Waals surface area contributed by atoms with Gasteiger partial charge in [-0.3, -0.25) is 9.47 Å². The Balaban J connectivity index is 1.41. The fraction of sp³-hybridized carbons (Fsp3) is 0.789. The molecule has 1 saturated heterocycles. The highest BCUT2D eigenvalue weighted by Gasteiger charge is 2.43. The molecule has 0 bridgehead atoms. The first-order valence-corrected chi connectivity index (χ1v) is 9.58. The molecule has 138 valence electrons. The fourth-order valence-corrected chi connectivity index (χ4v) is 5.04. The Morgan fingerprint density at radius 3 is 2.92 bits per heavy atom. The van der Waals surface area contributed by atoms with Gasteiger partial charge >= 0.3 is 5.69 Å². The maximum atomic E-state index is 11.9. The molecule has 0 amide bonds. The Morgan fingerprint density at radius 1 is 1.28 bits per heavy atom. The van der Waals surface area contributed by atoms with Crippen LogP contribution in [0.15, 0.2) is 15.9 Å². The molecular weight excluding hydrogens is 316 g/mol. The largest absolute Gasteiger partial charge is 0.364 e. The molecule has 3 heterocycles. The summed E-state index contributed by atoms with van der Waals surface area (Å²) in [4.78, 5) is 14.4. The van der Waals surface area contributed by atoms with Crippen molar-refractivity contribution in [1.82, 2.24) is 19.7 Å². The molecule has 6 heteroatoms. The lowest BCUT2D eigenvalue weighted by Crippen LogP contribution is -2.46.